The number of sulfone groups is 1. The van der Waals surface area contributed by atoms with Crippen LogP contribution >= 0.6 is 27.5 Å². The lowest BCUT2D eigenvalue weighted by atomic mass is 9.97. The molecule has 0 bridgehead atoms. The zero-order chi connectivity index (χ0) is 21.2. The van der Waals surface area contributed by atoms with Crippen molar-refractivity contribution in [2.45, 2.75) is 18.5 Å². The Hall–Kier alpha value is -2.16. The van der Waals surface area contributed by atoms with E-state index in [0.29, 0.717) is 17.0 Å². The van der Waals surface area contributed by atoms with Crippen molar-refractivity contribution in [1.29, 1.82) is 0 Å². The van der Waals surface area contributed by atoms with Crippen molar-refractivity contribution in [3.63, 3.8) is 0 Å². The Morgan fingerprint density at radius 2 is 1.83 bits per heavy atom. The molecule has 1 aromatic heterocycles. The summed E-state index contributed by atoms with van der Waals surface area (Å²) in [5, 5.41) is 0.676. The molecule has 30 heavy (non-hydrogen) atoms. The summed E-state index contributed by atoms with van der Waals surface area (Å²) < 4.78 is 30.9. The number of hydrogen-bond acceptors (Lipinski definition) is 5. The Bertz CT molecular complexity index is 1370. The summed E-state index contributed by atoms with van der Waals surface area (Å²) in [6, 6.07) is 10.7. The molecule has 3 heterocycles. The summed E-state index contributed by atoms with van der Waals surface area (Å²) in [6.07, 6.45) is 0.328. The van der Waals surface area contributed by atoms with E-state index in [-0.39, 0.29) is 39.2 Å². The van der Waals surface area contributed by atoms with Crippen molar-refractivity contribution in [2.75, 3.05) is 11.5 Å². The minimum Gasteiger partial charge on any atom is -0.450 e. The highest BCUT2D eigenvalue weighted by molar-refractivity contribution is 9.10. The highest BCUT2D eigenvalue weighted by atomic mass is 79.9. The Balaban J connectivity index is 1.77. The molecule has 0 saturated carbocycles. The molecular weight excluding hydrogens is 494 g/mol. The molecule has 0 N–H and O–H groups in total. The van der Waals surface area contributed by atoms with E-state index in [1.165, 1.54) is 11.0 Å². The first-order valence-corrected chi connectivity index (χ1v) is 12.3. The number of nitrogens with zero attached hydrogens (tertiary/aromatic N) is 1. The van der Waals surface area contributed by atoms with E-state index in [0.717, 1.165) is 4.47 Å². The van der Waals surface area contributed by atoms with Gasteiger partial charge in [-0.1, -0.05) is 39.7 Å². The first-order chi connectivity index (χ1) is 14.2. The molecule has 2 aliphatic heterocycles. The fourth-order valence-electron chi connectivity index (χ4n) is 4.31. The summed E-state index contributed by atoms with van der Waals surface area (Å²) in [5.74, 6) is -0.607. The van der Waals surface area contributed by atoms with Crippen LogP contribution in [0.3, 0.4) is 0 Å². The monoisotopic (exact) mass is 507 g/mol. The minimum atomic E-state index is -3.24. The third-order valence-electron chi connectivity index (χ3n) is 5.66. The Morgan fingerprint density at radius 1 is 1.10 bits per heavy atom. The fourth-order valence-corrected chi connectivity index (χ4v) is 6.45. The molecule has 1 fully saturated rings. The van der Waals surface area contributed by atoms with Gasteiger partial charge in [-0.15, -0.1) is 0 Å². The van der Waals surface area contributed by atoms with Crippen LogP contribution in [-0.2, 0) is 9.84 Å². The van der Waals surface area contributed by atoms with Crippen LogP contribution in [0.5, 0.6) is 0 Å². The van der Waals surface area contributed by atoms with E-state index in [4.69, 9.17) is 16.0 Å². The number of carbonyl (C=O) groups excluding carboxylic acids is 1. The Morgan fingerprint density at radius 3 is 2.50 bits per heavy atom. The summed E-state index contributed by atoms with van der Waals surface area (Å²) >= 11 is 9.47. The molecule has 0 unspecified atom stereocenters. The predicted molar refractivity (Wildman–Crippen MR) is 117 cm³/mol. The molecular formula is C21H15BrClNO5S. The van der Waals surface area contributed by atoms with E-state index >= 15 is 0 Å². The van der Waals surface area contributed by atoms with Crippen molar-refractivity contribution in [3.05, 3.63) is 79.1 Å². The molecule has 0 aliphatic carbocycles. The van der Waals surface area contributed by atoms with Gasteiger partial charge in [0.1, 0.15) is 5.58 Å². The van der Waals surface area contributed by atoms with Gasteiger partial charge in [0, 0.05) is 15.5 Å². The lowest BCUT2D eigenvalue weighted by Crippen LogP contribution is -2.40. The third-order valence-corrected chi connectivity index (χ3v) is 8.17. The average Bonchev–Trinajstić information content (AvgIpc) is 3.20. The molecule has 2 atom stereocenters. The van der Waals surface area contributed by atoms with Crippen LogP contribution in [0, 0.1) is 0 Å². The zero-order valence-electron chi connectivity index (χ0n) is 15.5. The highest BCUT2D eigenvalue weighted by Gasteiger charge is 2.48. The van der Waals surface area contributed by atoms with Gasteiger partial charge in [0.2, 0.25) is 5.76 Å². The molecule has 3 aromatic rings. The van der Waals surface area contributed by atoms with E-state index in [1.54, 1.807) is 12.1 Å². The summed E-state index contributed by atoms with van der Waals surface area (Å²) in [5.41, 5.74) is 0.870. The van der Waals surface area contributed by atoms with Gasteiger partial charge in [0.15, 0.2) is 15.3 Å². The average molecular weight is 509 g/mol. The van der Waals surface area contributed by atoms with E-state index in [2.05, 4.69) is 15.9 Å². The normalized spacial score (nSPS) is 22.6. The van der Waals surface area contributed by atoms with Gasteiger partial charge in [-0.2, -0.15) is 0 Å². The minimum absolute atomic E-state index is 0.0177. The zero-order valence-corrected chi connectivity index (χ0v) is 18.6. The summed E-state index contributed by atoms with van der Waals surface area (Å²) in [6.45, 7) is 0. The van der Waals surface area contributed by atoms with Gasteiger partial charge in [0.05, 0.1) is 28.5 Å². The van der Waals surface area contributed by atoms with Gasteiger partial charge in [-0.05, 0) is 42.3 Å². The highest BCUT2D eigenvalue weighted by Crippen LogP contribution is 2.41. The van der Waals surface area contributed by atoms with Gasteiger partial charge in [-0.25, -0.2) is 8.42 Å². The number of halogens is 2. The van der Waals surface area contributed by atoms with Crippen LogP contribution in [0.15, 0.2) is 56.1 Å². The second-order valence-corrected chi connectivity index (χ2v) is 11.1. The largest absolute Gasteiger partial charge is 0.450 e. The molecule has 5 rings (SSSR count). The fraction of sp³-hybridized carbons (Fsp3) is 0.238. The van der Waals surface area contributed by atoms with E-state index in [9.17, 15) is 18.0 Å². The lowest BCUT2D eigenvalue weighted by Gasteiger charge is -2.30. The molecule has 2 aliphatic rings. The van der Waals surface area contributed by atoms with E-state index in [1.807, 2.05) is 24.3 Å². The molecule has 1 saturated heterocycles. The second-order valence-electron chi connectivity index (χ2n) is 7.54. The quantitative estimate of drug-likeness (QED) is 0.523. The molecule has 2 aromatic carbocycles. The molecule has 1 amide bonds. The number of fused-ring (bicyclic) bond motifs is 2. The lowest BCUT2D eigenvalue weighted by molar-refractivity contribution is 0.0662. The Kier molecular flexibility index (Phi) is 4.57. The van der Waals surface area contributed by atoms with Crippen molar-refractivity contribution in [2.24, 2.45) is 0 Å². The standard InChI is InChI=1S/C21H15BrClNO5S/c22-12-3-1-11(2-4-12)18-17-19(25)15-9-13(23)5-6-16(15)29-20(17)21(26)24(18)14-7-8-30(27,28)10-14/h1-6,9,14,18H,7-8,10H2/t14-,18-/m1/s1. The van der Waals surface area contributed by atoms with Crippen LogP contribution in [0.4, 0.5) is 0 Å². The third kappa shape index (κ3) is 3.09. The van der Waals surface area contributed by atoms with Crippen LogP contribution in [0.2, 0.25) is 5.02 Å². The summed E-state index contributed by atoms with van der Waals surface area (Å²) in [7, 11) is -3.24. The molecule has 0 radical (unpaired) electrons. The number of benzene rings is 2. The number of amides is 1. The van der Waals surface area contributed by atoms with Crippen molar-refractivity contribution < 1.29 is 17.6 Å². The summed E-state index contributed by atoms with van der Waals surface area (Å²) in [4.78, 5) is 28.3. The topological polar surface area (TPSA) is 84.7 Å². The first-order valence-electron chi connectivity index (χ1n) is 9.30. The Labute approximate surface area is 185 Å². The van der Waals surface area contributed by atoms with Crippen LogP contribution in [0.25, 0.3) is 11.0 Å². The van der Waals surface area contributed by atoms with Gasteiger partial charge in [-0.3, -0.25) is 9.59 Å². The van der Waals surface area contributed by atoms with E-state index < -0.39 is 27.8 Å². The number of carbonyl (C=O) groups is 1. The first kappa shape index (κ1) is 19.8. The van der Waals surface area contributed by atoms with Crippen LogP contribution in [0.1, 0.15) is 34.1 Å². The maximum Gasteiger partial charge on any atom is 0.291 e. The second kappa shape index (κ2) is 6.93. The van der Waals surface area contributed by atoms with Crippen LogP contribution < -0.4 is 5.43 Å². The van der Waals surface area contributed by atoms with Crippen molar-refractivity contribution in [3.8, 4) is 0 Å². The van der Waals surface area contributed by atoms with Gasteiger partial charge >= 0.3 is 0 Å². The molecule has 9 heteroatoms. The smallest absolute Gasteiger partial charge is 0.291 e. The molecule has 6 nitrogen and oxygen atoms in total. The molecule has 0 spiro atoms. The van der Waals surface area contributed by atoms with Crippen LogP contribution in [-0.4, -0.2) is 36.8 Å². The van der Waals surface area contributed by atoms with Crippen molar-refractivity contribution >= 4 is 54.2 Å². The maximum absolute atomic E-state index is 13.4. The number of hydrogen-bond donors (Lipinski definition) is 0. The predicted octanol–water partition coefficient (Wildman–Crippen LogP) is 3.94. The molecule has 154 valence electrons. The van der Waals surface area contributed by atoms with Gasteiger partial charge < -0.3 is 9.32 Å². The SMILES string of the molecule is O=C1c2oc3ccc(Cl)cc3c(=O)c2[C@@H](c2ccc(Br)cc2)N1[C@@H]1CCS(=O)(=O)C1. The van der Waals surface area contributed by atoms with Crippen molar-refractivity contribution in [1.82, 2.24) is 4.90 Å². The maximum atomic E-state index is 13.4. The van der Waals surface area contributed by atoms with Gasteiger partial charge in [0.25, 0.3) is 5.91 Å². The number of rotatable bonds is 2.